The molecule has 0 unspecified atom stereocenters. The number of fused-ring (bicyclic) bond motifs is 1. The summed E-state index contributed by atoms with van der Waals surface area (Å²) in [4.78, 5) is 35.9. The van der Waals surface area contributed by atoms with Gasteiger partial charge >= 0.3 is 5.97 Å². The lowest BCUT2D eigenvalue weighted by molar-refractivity contribution is 0.0697. The Hall–Kier alpha value is -4.31. The average Bonchev–Trinajstić information content (AvgIpc) is 2.92. The maximum absolute atomic E-state index is 12.9. The molecule has 0 saturated carbocycles. The van der Waals surface area contributed by atoms with E-state index < -0.39 is 21.9 Å². The van der Waals surface area contributed by atoms with Crippen molar-refractivity contribution in [1.29, 1.82) is 0 Å². The topological polar surface area (TPSA) is 130 Å². The second-order valence-electron chi connectivity index (χ2n) is 8.74. The van der Waals surface area contributed by atoms with E-state index in [-0.39, 0.29) is 16.0 Å². The molecule has 1 amide bonds. The molecule has 4 rings (SSSR count). The van der Waals surface area contributed by atoms with E-state index in [1.165, 1.54) is 24.3 Å². The molecule has 0 fully saturated rings. The molecule has 3 aromatic carbocycles. The maximum Gasteiger partial charge on any atom is 0.336 e. The van der Waals surface area contributed by atoms with E-state index in [0.29, 0.717) is 22.6 Å². The van der Waals surface area contributed by atoms with E-state index in [1.54, 1.807) is 30.5 Å². The highest BCUT2D eigenvalue weighted by atomic mass is 32.2. The van der Waals surface area contributed by atoms with E-state index in [1.807, 2.05) is 21.8 Å². The molecule has 0 spiro atoms. The molecule has 38 heavy (non-hydrogen) atoms. The van der Waals surface area contributed by atoms with Gasteiger partial charge in [-0.05, 0) is 53.9 Å². The van der Waals surface area contributed by atoms with E-state index >= 15 is 0 Å². The van der Waals surface area contributed by atoms with Crippen LogP contribution >= 0.6 is 0 Å². The molecule has 0 aliphatic carbocycles. The molecular formula is C28H28N4O5S. The third kappa shape index (κ3) is 5.81. The number of nitrogens with zero attached hydrogens (tertiary/aromatic N) is 3. The molecule has 0 radical (unpaired) electrons. The van der Waals surface area contributed by atoms with Gasteiger partial charge in [0, 0.05) is 30.4 Å². The molecule has 4 aromatic rings. The van der Waals surface area contributed by atoms with Crippen molar-refractivity contribution in [3.63, 3.8) is 0 Å². The van der Waals surface area contributed by atoms with Gasteiger partial charge in [0.1, 0.15) is 0 Å². The van der Waals surface area contributed by atoms with Crippen molar-refractivity contribution < 1.29 is 23.1 Å². The van der Waals surface area contributed by atoms with E-state index in [2.05, 4.69) is 23.8 Å². The fourth-order valence-electron chi connectivity index (χ4n) is 4.16. The predicted octanol–water partition coefficient (Wildman–Crippen LogP) is 4.74. The summed E-state index contributed by atoms with van der Waals surface area (Å²) in [5.41, 5.74) is 0.398. The van der Waals surface area contributed by atoms with Crippen LogP contribution in [-0.4, -0.2) is 48.5 Å². The monoisotopic (exact) mass is 532 g/mol. The van der Waals surface area contributed by atoms with Crippen LogP contribution in [0.25, 0.3) is 22.0 Å². The predicted molar refractivity (Wildman–Crippen MR) is 146 cm³/mol. The van der Waals surface area contributed by atoms with Crippen LogP contribution in [0.4, 0.5) is 5.95 Å². The maximum atomic E-state index is 12.9. The van der Waals surface area contributed by atoms with Crippen LogP contribution in [0.2, 0.25) is 0 Å². The van der Waals surface area contributed by atoms with Crippen LogP contribution in [0.5, 0.6) is 0 Å². The van der Waals surface area contributed by atoms with Gasteiger partial charge in [-0.15, -0.1) is 0 Å². The minimum atomic E-state index is -4.19. The Kier molecular flexibility index (Phi) is 8.02. The number of carbonyl (C=O) groups excluding carboxylic acids is 1. The molecule has 196 valence electrons. The first kappa shape index (κ1) is 26.7. The number of sulfonamides is 1. The van der Waals surface area contributed by atoms with Gasteiger partial charge < -0.3 is 10.0 Å². The number of carboxylic acid groups (broad SMARTS) is 1. The summed E-state index contributed by atoms with van der Waals surface area (Å²) in [5.74, 6) is -1.72. The Balaban J connectivity index is 1.64. The van der Waals surface area contributed by atoms with Gasteiger partial charge in [-0.3, -0.25) is 4.79 Å². The zero-order valence-electron chi connectivity index (χ0n) is 21.1. The van der Waals surface area contributed by atoms with Crippen molar-refractivity contribution in [3.8, 4) is 11.3 Å². The molecule has 1 aromatic heterocycles. The van der Waals surface area contributed by atoms with Gasteiger partial charge in [0.2, 0.25) is 5.95 Å². The molecule has 0 aliphatic heterocycles. The number of aromatic carboxylic acids is 1. The Morgan fingerprint density at radius 1 is 0.921 bits per heavy atom. The largest absolute Gasteiger partial charge is 0.478 e. The second kappa shape index (κ2) is 11.4. The van der Waals surface area contributed by atoms with Gasteiger partial charge in [-0.2, -0.15) is 0 Å². The first-order chi connectivity index (χ1) is 18.2. The standard InChI is InChI=1S/C28H28N4O5S/c1-3-15-32(16-4-2)28-29-14-13-25(30-28)23-12-10-21(18-24(23)27(34)35)26(33)31-38(36,37)22-11-9-19-7-5-6-8-20(19)17-22/h5-14,17-18H,3-4,15-16H2,1-2H3,(H,31,33)(H,34,35). The number of anilines is 1. The lowest BCUT2D eigenvalue weighted by Gasteiger charge is -2.21. The summed E-state index contributed by atoms with van der Waals surface area (Å²) in [6.07, 6.45) is 3.37. The quantitative estimate of drug-likeness (QED) is 0.300. The van der Waals surface area contributed by atoms with Gasteiger partial charge in [-0.1, -0.05) is 50.2 Å². The molecule has 9 nitrogen and oxygen atoms in total. The molecule has 0 saturated heterocycles. The molecule has 0 aliphatic rings. The Morgan fingerprint density at radius 3 is 2.32 bits per heavy atom. The molecule has 0 atom stereocenters. The van der Waals surface area contributed by atoms with E-state index in [9.17, 15) is 23.1 Å². The van der Waals surface area contributed by atoms with Crippen LogP contribution in [-0.2, 0) is 10.0 Å². The van der Waals surface area contributed by atoms with Crippen LogP contribution in [0.1, 0.15) is 47.4 Å². The van der Waals surface area contributed by atoms with Gasteiger partial charge in [0.25, 0.3) is 15.9 Å². The van der Waals surface area contributed by atoms with Crippen LogP contribution < -0.4 is 9.62 Å². The fraction of sp³-hybridized carbons (Fsp3) is 0.214. The Labute approximate surface area is 221 Å². The zero-order chi connectivity index (χ0) is 27.3. The van der Waals surface area contributed by atoms with Gasteiger partial charge in [0.05, 0.1) is 16.2 Å². The number of hydrogen-bond acceptors (Lipinski definition) is 7. The third-order valence-electron chi connectivity index (χ3n) is 5.96. The number of carbonyl (C=O) groups is 2. The minimum Gasteiger partial charge on any atom is -0.478 e. The highest BCUT2D eigenvalue weighted by molar-refractivity contribution is 7.90. The lowest BCUT2D eigenvalue weighted by Crippen LogP contribution is -2.30. The SMILES string of the molecule is CCCN(CCC)c1nccc(-c2ccc(C(=O)NS(=O)(=O)c3ccc4ccccc4c3)cc2C(=O)O)n1. The van der Waals surface area contributed by atoms with Gasteiger partial charge in [0.15, 0.2) is 0 Å². The normalized spacial score (nSPS) is 11.3. The first-order valence-electron chi connectivity index (χ1n) is 12.2. The van der Waals surface area contributed by atoms with Crippen LogP contribution in [0, 0.1) is 0 Å². The van der Waals surface area contributed by atoms with Gasteiger partial charge in [-0.25, -0.2) is 27.9 Å². The summed E-state index contributed by atoms with van der Waals surface area (Å²) in [7, 11) is -4.19. The van der Waals surface area contributed by atoms with Crippen molar-refractivity contribution >= 4 is 38.6 Å². The lowest BCUT2D eigenvalue weighted by atomic mass is 10.0. The average molecular weight is 533 g/mol. The summed E-state index contributed by atoms with van der Waals surface area (Å²) in [6.45, 7) is 5.62. The summed E-state index contributed by atoms with van der Waals surface area (Å²) in [5, 5.41) is 11.5. The zero-order valence-corrected chi connectivity index (χ0v) is 21.9. The van der Waals surface area contributed by atoms with Crippen molar-refractivity contribution in [2.24, 2.45) is 0 Å². The molecule has 0 bridgehead atoms. The fourth-order valence-corrected chi connectivity index (χ4v) is 5.17. The second-order valence-corrected chi connectivity index (χ2v) is 10.4. The molecular weight excluding hydrogens is 504 g/mol. The van der Waals surface area contributed by atoms with Crippen LogP contribution in [0.15, 0.2) is 77.8 Å². The number of carboxylic acids is 1. The number of nitrogens with one attached hydrogen (secondary N) is 1. The number of rotatable bonds is 10. The van der Waals surface area contributed by atoms with Crippen LogP contribution in [0.3, 0.4) is 0 Å². The van der Waals surface area contributed by atoms with Crippen molar-refractivity contribution in [1.82, 2.24) is 14.7 Å². The summed E-state index contributed by atoms with van der Waals surface area (Å²) < 4.78 is 27.8. The first-order valence-corrected chi connectivity index (χ1v) is 13.7. The number of hydrogen-bond donors (Lipinski definition) is 2. The van der Waals surface area contributed by atoms with E-state index in [4.69, 9.17) is 0 Å². The summed E-state index contributed by atoms with van der Waals surface area (Å²) in [6, 6.07) is 17.4. The number of aromatic nitrogens is 2. The highest BCUT2D eigenvalue weighted by Crippen LogP contribution is 2.26. The summed E-state index contributed by atoms with van der Waals surface area (Å²) >= 11 is 0. The molecule has 1 heterocycles. The molecule has 10 heteroatoms. The minimum absolute atomic E-state index is 0.0724. The number of benzene rings is 3. The smallest absolute Gasteiger partial charge is 0.336 e. The molecule has 2 N–H and O–H groups in total. The third-order valence-corrected chi connectivity index (χ3v) is 7.29. The van der Waals surface area contributed by atoms with Crippen molar-refractivity contribution in [2.75, 3.05) is 18.0 Å². The van der Waals surface area contributed by atoms with E-state index in [0.717, 1.165) is 37.4 Å². The van der Waals surface area contributed by atoms with Crippen molar-refractivity contribution in [3.05, 3.63) is 84.1 Å². The number of amides is 1. The Bertz CT molecular complexity index is 1600. The Morgan fingerprint density at radius 2 is 1.63 bits per heavy atom. The van der Waals surface area contributed by atoms with Crippen molar-refractivity contribution in [2.45, 2.75) is 31.6 Å². The highest BCUT2D eigenvalue weighted by Gasteiger charge is 2.22.